The van der Waals surface area contributed by atoms with Gasteiger partial charge < -0.3 is 14.4 Å². The van der Waals surface area contributed by atoms with Gasteiger partial charge in [0.15, 0.2) is 0 Å². The third kappa shape index (κ3) is 4.54. The third-order valence-electron chi connectivity index (χ3n) is 2.89. The molecule has 1 aliphatic heterocycles. The number of hydrogen-bond acceptors (Lipinski definition) is 3. The maximum Gasteiger partial charge on any atom is 0.410 e. The summed E-state index contributed by atoms with van der Waals surface area (Å²) in [6.07, 6.45) is -0.233. The molecule has 0 unspecified atom stereocenters. The summed E-state index contributed by atoms with van der Waals surface area (Å²) < 4.78 is 12.2. The lowest BCUT2D eigenvalue weighted by Gasteiger charge is -2.39. The third-order valence-corrected chi connectivity index (χ3v) is 3.56. The average Bonchev–Trinajstić information content (AvgIpc) is 2.24. The molecule has 1 fully saturated rings. The molecule has 5 heteroatoms. The van der Waals surface area contributed by atoms with Gasteiger partial charge in [0.25, 0.3) is 0 Å². The van der Waals surface area contributed by atoms with Crippen LogP contribution in [0.25, 0.3) is 0 Å². The fourth-order valence-electron chi connectivity index (χ4n) is 1.92. The normalized spacial score (nSPS) is 15.7. The fraction of sp³-hybridized carbons (Fsp3) is 0.533. The topological polar surface area (TPSA) is 38.8 Å². The number of rotatable bonds is 3. The minimum absolute atomic E-state index is 0.233. The van der Waals surface area contributed by atoms with Gasteiger partial charge in [-0.05, 0) is 61.6 Å². The minimum Gasteiger partial charge on any atom is -0.493 e. The average molecular weight is 389 g/mol. The predicted octanol–water partition coefficient (Wildman–Crippen LogP) is 3.54. The molecule has 0 radical (unpaired) electrons. The number of ether oxygens (including phenoxy) is 2. The van der Waals surface area contributed by atoms with E-state index in [0.717, 1.165) is 9.32 Å². The molecule has 110 valence electrons. The highest BCUT2D eigenvalue weighted by Crippen LogP contribution is 2.21. The lowest BCUT2D eigenvalue weighted by atomic mass is 10.0. The predicted molar refractivity (Wildman–Crippen MR) is 86.0 cm³/mol. The summed E-state index contributed by atoms with van der Waals surface area (Å²) in [5.74, 6) is 1.27. The number of amides is 1. The van der Waals surface area contributed by atoms with E-state index in [9.17, 15) is 4.79 Å². The van der Waals surface area contributed by atoms with Crippen molar-refractivity contribution in [3.63, 3.8) is 0 Å². The van der Waals surface area contributed by atoms with Crippen LogP contribution in [0.3, 0.4) is 0 Å². The van der Waals surface area contributed by atoms with E-state index >= 15 is 0 Å². The zero-order valence-electron chi connectivity index (χ0n) is 12.1. The molecular formula is C15H20INO3. The summed E-state index contributed by atoms with van der Waals surface area (Å²) in [5.41, 5.74) is -0.431. The Morgan fingerprint density at radius 2 is 2.10 bits per heavy atom. The first kappa shape index (κ1) is 15.4. The van der Waals surface area contributed by atoms with Gasteiger partial charge in [-0.15, -0.1) is 0 Å². The van der Waals surface area contributed by atoms with Crippen LogP contribution in [-0.2, 0) is 4.74 Å². The Balaban J connectivity index is 1.71. The van der Waals surface area contributed by atoms with E-state index in [1.807, 2.05) is 45.0 Å². The van der Waals surface area contributed by atoms with Crippen LogP contribution in [0.2, 0.25) is 0 Å². The number of benzene rings is 1. The van der Waals surface area contributed by atoms with Gasteiger partial charge in [0.05, 0.1) is 6.61 Å². The van der Waals surface area contributed by atoms with Gasteiger partial charge in [-0.2, -0.15) is 0 Å². The second kappa shape index (κ2) is 6.20. The molecule has 1 aromatic carbocycles. The molecule has 20 heavy (non-hydrogen) atoms. The largest absolute Gasteiger partial charge is 0.493 e. The van der Waals surface area contributed by atoms with E-state index in [-0.39, 0.29) is 6.09 Å². The summed E-state index contributed by atoms with van der Waals surface area (Å²) >= 11 is 2.26. The molecule has 0 aliphatic carbocycles. The van der Waals surface area contributed by atoms with Crippen LogP contribution >= 0.6 is 22.6 Å². The number of carbonyl (C=O) groups excluding carboxylic acids is 1. The molecule has 1 heterocycles. The number of nitrogens with zero attached hydrogens (tertiary/aromatic N) is 1. The van der Waals surface area contributed by atoms with Crippen LogP contribution in [-0.4, -0.2) is 36.3 Å². The van der Waals surface area contributed by atoms with Crippen LogP contribution < -0.4 is 4.74 Å². The van der Waals surface area contributed by atoms with Crippen LogP contribution in [0.15, 0.2) is 24.3 Å². The molecule has 1 aromatic rings. The van der Waals surface area contributed by atoms with Crippen LogP contribution in [0.4, 0.5) is 4.79 Å². The summed E-state index contributed by atoms with van der Waals surface area (Å²) in [6, 6.07) is 7.96. The molecule has 0 saturated carbocycles. The summed E-state index contributed by atoms with van der Waals surface area (Å²) in [7, 11) is 0. The molecule has 4 nitrogen and oxygen atoms in total. The monoisotopic (exact) mass is 389 g/mol. The van der Waals surface area contributed by atoms with Gasteiger partial charge in [0.1, 0.15) is 11.4 Å². The second-order valence-corrected chi connectivity index (χ2v) is 7.27. The van der Waals surface area contributed by atoms with Crippen molar-refractivity contribution in [2.45, 2.75) is 26.4 Å². The van der Waals surface area contributed by atoms with Gasteiger partial charge >= 0.3 is 6.09 Å². The standard InChI is InChI=1S/C15H20INO3/c1-15(2,3)20-14(18)17-8-11(9-17)10-19-13-6-4-5-12(16)7-13/h4-7,11H,8-10H2,1-3H3. The maximum atomic E-state index is 11.8. The molecule has 0 aromatic heterocycles. The zero-order valence-corrected chi connectivity index (χ0v) is 14.2. The second-order valence-electron chi connectivity index (χ2n) is 6.02. The Labute approximate surface area is 133 Å². The van der Waals surface area contributed by atoms with Crippen molar-refractivity contribution in [1.29, 1.82) is 0 Å². The van der Waals surface area contributed by atoms with Gasteiger partial charge in [0.2, 0.25) is 0 Å². The highest BCUT2D eigenvalue weighted by atomic mass is 127. The zero-order chi connectivity index (χ0) is 14.8. The molecule has 1 aliphatic rings. The molecule has 0 spiro atoms. The Kier molecular flexibility index (Phi) is 4.78. The van der Waals surface area contributed by atoms with Gasteiger partial charge in [-0.3, -0.25) is 0 Å². The lowest BCUT2D eigenvalue weighted by molar-refractivity contribution is -0.00781. The highest BCUT2D eigenvalue weighted by Gasteiger charge is 2.33. The Morgan fingerprint density at radius 3 is 2.70 bits per heavy atom. The Bertz CT molecular complexity index is 478. The van der Waals surface area contributed by atoms with E-state index in [1.165, 1.54) is 0 Å². The van der Waals surface area contributed by atoms with Crippen LogP contribution in [0, 0.1) is 9.49 Å². The first-order valence-electron chi connectivity index (χ1n) is 6.70. The van der Waals surface area contributed by atoms with Gasteiger partial charge in [-0.1, -0.05) is 6.07 Å². The lowest BCUT2D eigenvalue weighted by Crippen LogP contribution is -2.53. The first-order valence-corrected chi connectivity index (χ1v) is 7.78. The summed E-state index contributed by atoms with van der Waals surface area (Å²) in [4.78, 5) is 13.5. The van der Waals surface area contributed by atoms with E-state index in [4.69, 9.17) is 9.47 Å². The van der Waals surface area contributed by atoms with Crippen molar-refractivity contribution < 1.29 is 14.3 Å². The summed E-state index contributed by atoms with van der Waals surface area (Å²) in [6.45, 7) is 7.68. The Hall–Kier alpha value is -0.980. The van der Waals surface area contributed by atoms with Crippen LogP contribution in [0.1, 0.15) is 20.8 Å². The number of likely N-dealkylation sites (tertiary alicyclic amines) is 1. The first-order chi connectivity index (χ1) is 9.33. The molecule has 0 atom stereocenters. The molecule has 2 rings (SSSR count). The van der Waals surface area contributed by atoms with E-state index in [1.54, 1.807) is 4.90 Å². The molecular weight excluding hydrogens is 369 g/mol. The van der Waals surface area contributed by atoms with E-state index in [0.29, 0.717) is 25.6 Å². The quantitative estimate of drug-likeness (QED) is 0.743. The maximum absolute atomic E-state index is 11.8. The number of hydrogen-bond donors (Lipinski definition) is 0. The Morgan fingerprint density at radius 1 is 1.40 bits per heavy atom. The smallest absolute Gasteiger partial charge is 0.410 e. The van der Waals surface area contributed by atoms with Crippen molar-refractivity contribution in [1.82, 2.24) is 4.90 Å². The fourth-order valence-corrected chi connectivity index (χ4v) is 2.44. The van der Waals surface area contributed by atoms with Crippen molar-refractivity contribution in [3.8, 4) is 5.75 Å². The van der Waals surface area contributed by atoms with Crippen molar-refractivity contribution in [3.05, 3.63) is 27.8 Å². The van der Waals surface area contributed by atoms with Gasteiger partial charge in [0, 0.05) is 22.6 Å². The minimum atomic E-state index is -0.431. The van der Waals surface area contributed by atoms with Crippen LogP contribution in [0.5, 0.6) is 5.75 Å². The highest BCUT2D eigenvalue weighted by molar-refractivity contribution is 14.1. The van der Waals surface area contributed by atoms with Crippen molar-refractivity contribution in [2.24, 2.45) is 5.92 Å². The molecule has 0 N–H and O–H groups in total. The van der Waals surface area contributed by atoms with Gasteiger partial charge in [-0.25, -0.2) is 4.79 Å². The SMILES string of the molecule is CC(C)(C)OC(=O)N1CC(COc2cccc(I)c2)C1. The number of halogens is 1. The summed E-state index contributed by atoms with van der Waals surface area (Å²) in [5, 5.41) is 0. The van der Waals surface area contributed by atoms with E-state index < -0.39 is 5.60 Å². The van der Waals surface area contributed by atoms with Crippen molar-refractivity contribution in [2.75, 3.05) is 19.7 Å². The number of carbonyl (C=O) groups is 1. The molecule has 1 amide bonds. The van der Waals surface area contributed by atoms with E-state index in [2.05, 4.69) is 22.6 Å². The van der Waals surface area contributed by atoms with Crippen molar-refractivity contribution >= 4 is 28.7 Å². The molecule has 0 bridgehead atoms. The molecule has 1 saturated heterocycles.